The minimum atomic E-state index is -0.0101. The molecule has 1 heterocycles. The van der Waals surface area contributed by atoms with Crippen molar-refractivity contribution in [3.63, 3.8) is 0 Å². The summed E-state index contributed by atoms with van der Waals surface area (Å²) in [5.74, 6) is 0.981. The lowest BCUT2D eigenvalue weighted by Gasteiger charge is -2.02. The molecule has 0 atom stereocenters. The molecule has 4 nitrogen and oxygen atoms in total. The number of aromatic nitrogens is 2. The minimum Gasteiger partial charge on any atom is -0.309 e. The molecule has 0 saturated heterocycles. The molecule has 1 fully saturated rings. The van der Waals surface area contributed by atoms with E-state index in [1.54, 1.807) is 0 Å². The predicted molar refractivity (Wildman–Crippen MR) is 53.0 cm³/mol. The van der Waals surface area contributed by atoms with Crippen LogP contribution in [0.15, 0.2) is 12.4 Å². The number of hydrogen-bond donors (Lipinski definition) is 1. The topological polar surface area (TPSA) is 54.9 Å². The van der Waals surface area contributed by atoms with Crippen molar-refractivity contribution in [2.45, 2.75) is 19.3 Å². The third kappa shape index (κ3) is 2.67. The number of amides is 1. The summed E-state index contributed by atoms with van der Waals surface area (Å²) in [7, 11) is 0. The highest BCUT2D eigenvalue weighted by Crippen LogP contribution is 2.32. The lowest BCUT2D eigenvalue weighted by molar-refractivity contribution is -0.116. The van der Waals surface area contributed by atoms with Gasteiger partial charge in [0, 0.05) is 6.42 Å². The van der Waals surface area contributed by atoms with Gasteiger partial charge >= 0.3 is 0 Å². The van der Waals surface area contributed by atoms with Crippen LogP contribution in [0.4, 0.5) is 5.82 Å². The van der Waals surface area contributed by atoms with Crippen molar-refractivity contribution in [2.24, 2.45) is 5.92 Å². The number of nitrogens with one attached hydrogen (secondary N) is 1. The van der Waals surface area contributed by atoms with Crippen LogP contribution in [0.2, 0.25) is 5.15 Å². The highest BCUT2D eigenvalue weighted by molar-refractivity contribution is 6.29. The molecule has 1 aliphatic rings. The van der Waals surface area contributed by atoms with Crippen molar-refractivity contribution < 1.29 is 4.79 Å². The second-order valence-corrected chi connectivity index (χ2v) is 3.81. The largest absolute Gasteiger partial charge is 0.309 e. The fraction of sp³-hybridized carbons (Fsp3) is 0.444. The fourth-order valence-corrected chi connectivity index (χ4v) is 1.33. The van der Waals surface area contributed by atoms with Crippen LogP contribution in [0.25, 0.3) is 0 Å². The molecule has 1 aromatic rings. The van der Waals surface area contributed by atoms with Gasteiger partial charge in [-0.05, 0) is 18.8 Å². The molecule has 0 unspecified atom stereocenters. The Balaban J connectivity index is 1.92. The summed E-state index contributed by atoms with van der Waals surface area (Å²) in [5.41, 5.74) is 0. The monoisotopic (exact) mass is 211 g/mol. The van der Waals surface area contributed by atoms with Gasteiger partial charge < -0.3 is 5.32 Å². The molecule has 0 spiro atoms. The van der Waals surface area contributed by atoms with Gasteiger partial charge in [0.2, 0.25) is 5.91 Å². The molecule has 1 N–H and O–H groups in total. The van der Waals surface area contributed by atoms with Gasteiger partial charge in [-0.1, -0.05) is 11.6 Å². The van der Waals surface area contributed by atoms with Crippen LogP contribution in [0.3, 0.4) is 0 Å². The van der Waals surface area contributed by atoms with Crippen molar-refractivity contribution in [3.8, 4) is 0 Å². The summed E-state index contributed by atoms with van der Waals surface area (Å²) < 4.78 is 0. The van der Waals surface area contributed by atoms with E-state index >= 15 is 0 Å². The molecule has 2 rings (SSSR count). The van der Waals surface area contributed by atoms with Crippen LogP contribution >= 0.6 is 11.6 Å². The number of rotatable bonds is 3. The smallest absolute Gasteiger partial charge is 0.225 e. The molecule has 14 heavy (non-hydrogen) atoms. The standard InChI is InChI=1S/C9H10ClN3O/c10-7-4-11-5-8(12-7)13-9(14)3-6-1-2-6/h4-6H,1-3H2,(H,12,13,14). The Hall–Kier alpha value is -1.16. The number of anilines is 1. The summed E-state index contributed by atoms with van der Waals surface area (Å²) >= 11 is 5.62. The van der Waals surface area contributed by atoms with E-state index in [0.717, 1.165) is 12.8 Å². The number of carbonyl (C=O) groups excluding carboxylic acids is 1. The van der Waals surface area contributed by atoms with E-state index in [4.69, 9.17) is 11.6 Å². The quantitative estimate of drug-likeness (QED) is 0.831. The van der Waals surface area contributed by atoms with Gasteiger partial charge in [-0.25, -0.2) is 4.98 Å². The molecule has 0 aromatic carbocycles. The highest BCUT2D eigenvalue weighted by atomic mass is 35.5. The van der Waals surface area contributed by atoms with Crippen LogP contribution in [0.5, 0.6) is 0 Å². The summed E-state index contributed by atoms with van der Waals surface area (Å²) in [6, 6.07) is 0. The van der Waals surface area contributed by atoms with Crippen LogP contribution in [0.1, 0.15) is 19.3 Å². The molecule has 1 saturated carbocycles. The minimum absolute atomic E-state index is 0.0101. The van der Waals surface area contributed by atoms with Crippen LogP contribution in [-0.4, -0.2) is 15.9 Å². The molecule has 0 radical (unpaired) electrons. The first-order chi connectivity index (χ1) is 6.74. The van der Waals surface area contributed by atoms with E-state index < -0.39 is 0 Å². The molecular formula is C9H10ClN3O. The number of carbonyl (C=O) groups is 1. The average Bonchev–Trinajstić information content (AvgIpc) is 2.87. The van der Waals surface area contributed by atoms with Gasteiger partial charge in [-0.3, -0.25) is 9.78 Å². The lowest BCUT2D eigenvalue weighted by Crippen LogP contribution is -2.13. The van der Waals surface area contributed by atoms with Crippen molar-refractivity contribution in [1.82, 2.24) is 9.97 Å². The third-order valence-corrected chi connectivity index (χ3v) is 2.23. The Morgan fingerprint density at radius 3 is 3.00 bits per heavy atom. The Morgan fingerprint density at radius 1 is 1.57 bits per heavy atom. The van der Waals surface area contributed by atoms with Crippen molar-refractivity contribution in [1.29, 1.82) is 0 Å². The average molecular weight is 212 g/mol. The first kappa shape index (κ1) is 9.40. The molecule has 1 amide bonds. The second kappa shape index (κ2) is 3.92. The maximum Gasteiger partial charge on any atom is 0.225 e. The normalized spacial score (nSPS) is 15.2. The van der Waals surface area contributed by atoms with E-state index in [2.05, 4.69) is 15.3 Å². The highest BCUT2D eigenvalue weighted by Gasteiger charge is 2.24. The molecule has 1 aliphatic carbocycles. The first-order valence-electron chi connectivity index (χ1n) is 4.51. The molecular weight excluding hydrogens is 202 g/mol. The van der Waals surface area contributed by atoms with Gasteiger partial charge in [0.1, 0.15) is 5.15 Å². The third-order valence-electron chi connectivity index (χ3n) is 2.04. The number of halogens is 1. The molecule has 0 bridgehead atoms. The second-order valence-electron chi connectivity index (χ2n) is 3.42. The fourth-order valence-electron chi connectivity index (χ4n) is 1.18. The Morgan fingerprint density at radius 2 is 2.36 bits per heavy atom. The van der Waals surface area contributed by atoms with Crippen molar-refractivity contribution >= 4 is 23.3 Å². The zero-order valence-corrected chi connectivity index (χ0v) is 8.29. The van der Waals surface area contributed by atoms with E-state index in [9.17, 15) is 4.79 Å². The Labute approximate surface area is 86.7 Å². The van der Waals surface area contributed by atoms with E-state index in [1.807, 2.05) is 0 Å². The Bertz CT molecular complexity index is 352. The van der Waals surface area contributed by atoms with Gasteiger partial charge in [0.25, 0.3) is 0 Å². The SMILES string of the molecule is O=C(CC1CC1)Nc1cncc(Cl)n1. The summed E-state index contributed by atoms with van der Waals surface area (Å²) in [5, 5.41) is 2.94. The molecule has 0 aliphatic heterocycles. The van der Waals surface area contributed by atoms with Crippen molar-refractivity contribution in [3.05, 3.63) is 17.5 Å². The summed E-state index contributed by atoms with van der Waals surface area (Å²) in [6.07, 6.45) is 5.81. The van der Waals surface area contributed by atoms with E-state index in [-0.39, 0.29) is 11.1 Å². The van der Waals surface area contributed by atoms with Gasteiger partial charge in [0.05, 0.1) is 12.4 Å². The van der Waals surface area contributed by atoms with Gasteiger partial charge in [-0.2, -0.15) is 0 Å². The first-order valence-corrected chi connectivity index (χ1v) is 4.89. The zero-order valence-electron chi connectivity index (χ0n) is 7.53. The van der Waals surface area contributed by atoms with E-state index in [0.29, 0.717) is 18.2 Å². The Kier molecular flexibility index (Phi) is 2.63. The van der Waals surface area contributed by atoms with E-state index in [1.165, 1.54) is 12.4 Å². The number of hydrogen-bond acceptors (Lipinski definition) is 3. The van der Waals surface area contributed by atoms with Crippen molar-refractivity contribution in [2.75, 3.05) is 5.32 Å². The predicted octanol–water partition coefficient (Wildman–Crippen LogP) is 1.87. The maximum atomic E-state index is 11.4. The lowest BCUT2D eigenvalue weighted by atomic mass is 10.3. The number of nitrogens with zero attached hydrogens (tertiary/aromatic N) is 2. The van der Waals surface area contributed by atoms with Crippen LogP contribution in [0, 0.1) is 5.92 Å². The maximum absolute atomic E-state index is 11.4. The van der Waals surface area contributed by atoms with Gasteiger partial charge in [-0.15, -0.1) is 0 Å². The molecule has 74 valence electrons. The summed E-state index contributed by atoms with van der Waals surface area (Å²) in [4.78, 5) is 19.1. The summed E-state index contributed by atoms with van der Waals surface area (Å²) in [6.45, 7) is 0. The zero-order chi connectivity index (χ0) is 9.97. The van der Waals surface area contributed by atoms with Gasteiger partial charge in [0.15, 0.2) is 5.82 Å². The van der Waals surface area contributed by atoms with Crippen LogP contribution < -0.4 is 5.32 Å². The molecule has 5 heteroatoms. The van der Waals surface area contributed by atoms with Crippen LogP contribution in [-0.2, 0) is 4.79 Å². The molecule has 1 aromatic heterocycles.